The fourth-order valence-corrected chi connectivity index (χ4v) is 3.60. The highest BCUT2D eigenvalue weighted by atomic mass is 127. The number of hydrogen-bond donors (Lipinski definition) is 3. The third-order valence-electron chi connectivity index (χ3n) is 5.17. The molecule has 1 heterocycles. The van der Waals surface area contributed by atoms with Gasteiger partial charge >= 0.3 is 0 Å². The molecule has 0 aromatic heterocycles. The first-order valence-electron chi connectivity index (χ1n) is 9.83. The molecule has 0 radical (unpaired) electrons. The summed E-state index contributed by atoms with van der Waals surface area (Å²) in [5.41, 5.74) is 7.61. The first-order valence-corrected chi connectivity index (χ1v) is 9.83. The predicted octanol–water partition coefficient (Wildman–Crippen LogP) is 2.00. The highest BCUT2D eigenvalue weighted by molar-refractivity contribution is 14.0. The number of nitrogens with one attached hydrogen (secondary N) is 2. The van der Waals surface area contributed by atoms with Crippen molar-refractivity contribution in [2.45, 2.75) is 51.1 Å². The van der Waals surface area contributed by atoms with E-state index in [-0.39, 0.29) is 42.3 Å². The standard InChI is InChI=1S/C20H29N5O2.HI/c21-20(24-17-5-3-1-2-4-6-17)23-13-15-7-9-16(10-8-15)19(27)25-12-11-22-18(26)14-25;/h7-10,17H,1-6,11-14H2,(H,22,26)(H3,21,23,24);1H. The molecule has 1 saturated heterocycles. The minimum absolute atomic E-state index is 0. The molecule has 0 unspecified atom stereocenters. The average Bonchev–Trinajstić information content (AvgIpc) is 2.95. The number of hydrogen-bond acceptors (Lipinski definition) is 3. The van der Waals surface area contributed by atoms with E-state index < -0.39 is 0 Å². The lowest BCUT2D eigenvalue weighted by Gasteiger charge is -2.26. The van der Waals surface area contributed by atoms with Gasteiger partial charge in [0, 0.05) is 24.7 Å². The molecule has 2 aliphatic rings. The Hall–Kier alpha value is -1.84. The highest BCUT2D eigenvalue weighted by Gasteiger charge is 2.22. The SMILES string of the molecule is I.NC(=NCc1ccc(C(=O)N2CCNC(=O)C2)cc1)NC1CCCCCC1. The van der Waals surface area contributed by atoms with Gasteiger partial charge in [0.2, 0.25) is 5.91 Å². The molecule has 2 fully saturated rings. The van der Waals surface area contributed by atoms with Gasteiger partial charge < -0.3 is 21.3 Å². The van der Waals surface area contributed by atoms with Gasteiger partial charge in [0.25, 0.3) is 5.91 Å². The van der Waals surface area contributed by atoms with Crippen LogP contribution >= 0.6 is 24.0 Å². The zero-order valence-electron chi connectivity index (χ0n) is 16.2. The quantitative estimate of drug-likeness (QED) is 0.256. The van der Waals surface area contributed by atoms with E-state index in [2.05, 4.69) is 15.6 Å². The Morgan fingerprint density at radius 3 is 2.50 bits per heavy atom. The van der Waals surface area contributed by atoms with Crippen LogP contribution in [0.1, 0.15) is 54.4 Å². The van der Waals surface area contributed by atoms with Crippen LogP contribution in [0.2, 0.25) is 0 Å². The fraction of sp³-hybridized carbons (Fsp3) is 0.550. The van der Waals surface area contributed by atoms with Gasteiger partial charge in [-0.15, -0.1) is 24.0 Å². The smallest absolute Gasteiger partial charge is 0.254 e. The number of piperazine rings is 1. The summed E-state index contributed by atoms with van der Waals surface area (Å²) in [4.78, 5) is 29.9. The van der Waals surface area contributed by atoms with Crippen LogP contribution in [0.4, 0.5) is 0 Å². The number of aliphatic imine (C=N–C) groups is 1. The van der Waals surface area contributed by atoms with Crippen molar-refractivity contribution < 1.29 is 9.59 Å². The first kappa shape index (κ1) is 22.4. The normalized spacial score (nSPS) is 18.6. The van der Waals surface area contributed by atoms with Gasteiger partial charge in [-0.1, -0.05) is 37.8 Å². The Balaban J connectivity index is 0.00000280. The summed E-state index contributed by atoms with van der Waals surface area (Å²) >= 11 is 0. The number of carbonyl (C=O) groups excluding carboxylic acids is 2. The minimum Gasteiger partial charge on any atom is -0.370 e. The highest BCUT2D eigenvalue weighted by Crippen LogP contribution is 2.17. The van der Waals surface area contributed by atoms with E-state index in [0.717, 1.165) is 18.4 Å². The van der Waals surface area contributed by atoms with E-state index in [0.29, 0.717) is 37.2 Å². The Kier molecular flexibility index (Phi) is 9.01. The molecule has 0 spiro atoms. The molecule has 1 aromatic carbocycles. The van der Waals surface area contributed by atoms with E-state index in [9.17, 15) is 9.59 Å². The number of nitrogens with zero attached hydrogens (tertiary/aromatic N) is 2. The fourth-order valence-electron chi connectivity index (χ4n) is 3.60. The van der Waals surface area contributed by atoms with Crippen LogP contribution in [0, 0.1) is 0 Å². The summed E-state index contributed by atoms with van der Waals surface area (Å²) in [5.74, 6) is 0.257. The maximum Gasteiger partial charge on any atom is 0.254 e. The number of halogens is 1. The monoisotopic (exact) mass is 499 g/mol. The molecule has 28 heavy (non-hydrogen) atoms. The summed E-state index contributed by atoms with van der Waals surface area (Å²) in [6, 6.07) is 7.78. The van der Waals surface area contributed by atoms with E-state index in [1.54, 1.807) is 17.0 Å². The molecule has 154 valence electrons. The molecule has 1 aliphatic heterocycles. The van der Waals surface area contributed by atoms with E-state index in [1.807, 2.05) is 12.1 Å². The summed E-state index contributed by atoms with van der Waals surface area (Å²) in [6.45, 7) is 1.64. The van der Waals surface area contributed by atoms with Crippen molar-refractivity contribution in [2.24, 2.45) is 10.7 Å². The van der Waals surface area contributed by atoms with Crippen LogP contribution < -0.4 is 16.4 Å². The predicted molar refractivity (Wildman–Crippen MR) is 121 cm³/mol. The van der Waals surface area contributed by atoms with Crippen molar-refractivity contribution in [3.05, 3.63) is 35.4 Å². The molecule has 0 bridgehead atoms. The maximum absolute atomic E-state index is 12.5. The number of amides is 2. The van der Waals surface area contributed by atoms with Gasteiger partial charge in [0.1, 0.15) is 0 Å². The van der Waals surface area contributed by atoms with Gasteiger partial charge in [0.05, 0.1) is 13.1 Å². The molecule has 1 aromatic rings. The zero-order valence-corrected chi connectivity index (χ0v) is 18.5. The summed E-state index contributed by atoms with van der Waals surface area (Å²) in [7, 11) is 0. The molecule has 3 rings (SSSR count). The summed E-state index contributed by atoms with van der Waals surface area (Å²) in [5, 5.41) is 6.06. The topological polar surface area (TPSA) is 99.8 Å². The lowest BCUT2D eigenvalue weighted by atomic mass is 10.1. The van der Waals surface area contributed by atoms with Crippen molar-refractivity contribution in [3.63, 3.8) is 0 Å². The Morgan fingerprint density at radius 1 is 1.18 bits per heavy atom. The third kappa shape index (κ3) is 6.65. The molecule has 1 saturated carbocycles. The van der Waals surface area contributed by atoms with Crippen LogP contribution in [-0.2, 0) is 11.3 Å². The van der Waals surface area contributed by atoms with Gasteiger partial charge in [-0.05, 0) is 30.5 Å². The maximum atomic E-state index is 12.5. The number of carbonyl (C=O) groups is 2. The lowest BCUT2D eigenvalue weighted by Crippen LogP contribution is -2.49. The zero-order chi connectivity index (χ0) is 19.1. The van der Waals surface area contributed by atoms with Gasteiger partial charge in [-0.25, -0.2) is 4.99 Å². The summed E-state index contributed by atoms with van der Waals surface area (Å²) < 4.78 is 0. The second kappa shape index (κ2) is 11.2. The van der Waals surface area contributed by atoms with Crippen LogP contribution in [0.15, 0.2) is 29.3 Å². The van der Waals surface area contributed by atoms with Crippen molar-refractivity contribution >= 4 is 41.8 Å². The van der Waals surface area contributed by atoms with Crippen LogP contribution in [-0.4, -0.2) is 48.3 Å². The summed E-state index contributed by atoms with van der Waals surface area (Å²) in [6.07, 6.45) is 7.42. The van der Waals surface area contributed by atoms with Crippen LogP contribution in [0.5, 0.6) is 0 Å². The molecule has 1 aliphatic carbocycles. The van der Waals surface area contributed by atoms with Gasteiger partial charge in [-0.2, -0.15) is 0 Å². The van der Waals surface area contributed by atoms with Gasteiger partial charge in [-0.3, -0.25) is 9.59 Å². The van der Waals surface area contributed by atoms with Gasteiger partial charge in [0.15, 0.2) is 5.96 Å². The van der Waals surface area contributed by atoms with Crippen molar-refractivity contribution in [1.82, 2.24) is 15.5 Å². The third-order valence-corrected chi connectivity index (χ3v) is 5.17. The minimum atomic E-state index is -0.116. The lowest BCUT2D eigenvalue weighted by molar-refractivity contribution is -0.123. The number of rotatable bonds is 4. The van der Waals surface area contributed by atoms with E-state index in [1.165, 1.54) is 25.7 Å². The van der Waals surface area contributed by atoms with Crippen LogP contribution in [0.3, 0.4) is 0 Å². The number of guanidine groups is 1. The second-order valence-electron chi connectivity index (χ2n) is 7.31. The van der Waals surface area contributed by atoms with E-state index in [4.69, 9.17) is 5.73 Å². The largest absolute Gasteiger partial charge is 0.370 e. The number of nitrogens with two attached hydrogens (primary N) is 1. The second-order valence-corrected chi connectivity index (χ2v) is 7.31. The molecule has 2 amide bonds. The van der Waals surface area contributed by atoms with Crippen molar-refractivity contribution in [2.75, 3.05) is 19.6 Å². The molecular formula is C20H30IN5O2. The number of benzene rings is 1. The Bertz CT molecular complexity index is 684. The van der Waals surface area contributed by atoms with Crippen LogP contribution in [0.25, 0.3) is 0 Å². The average molecular weight is 499 g/mol. The Labute approximate surface area is 183 Å². The molecular weight excluding hydrogens is 469 g/mol. The van der Waals surface area contributed by atoms with E-state index >= 15 is 0 Å². The first-order chi connectivity index (χ1) is 13.1. The molecule has 7 nitrogen and oxygen atoms in total. The van der Waals surface area contributed by atoms with Crippen molar-refractivity contribution in [1.29, 1.82) is 0 Å². The molecule has 0 atom stereocenters. The van der Waals surface area contributed by atoms with Crippen molar-refractivity contribution in [3.8, 4) is 0 Å². The Morgan fingerprint density at radius 2 is 1.86 bits per heavy atom. The molecule has 4 N–H and O–H groups in total. The molecule has 8 heteroatoms.